The first kappa shape index (κ1) is 13.5. The predicted octanol–water partition coefficient (Wildman–Crippen LogP) is 2.13. The van der Waals surface area contributed by atoms with Gasteiger partial charge in [-0.05, 0) is 24.5 Å². The highest BCUT2D eigenvalue weighted by atomic mass is 79.9. The number of hydrogen-bond acceptors (Lipinski definition) is 4. The summed E-state index contributed by atoms with van der Waals surface area (Å²) < 4.78 is 21.8. The molecule has 1 aromatic rings. The first-order chi connectivity index (χ1) is 8.48. The molecule has 0 spiro atoms. The Morgan fingerprint density at radius 3 is 2.50 bits per heavy atom. The molecule has 5 nitrogen and oxygen atoms in total. The van der Waals surface area contributed by atoms with E-state index in [4.69, 9.17) is 0 Å². The third kappa shape index (κ3) is 2.56. The van der Waals surface area contributed by atoms with Crippen molar-refractivity contribution in [2.24, 2.45) is 0 Å². The summed E-state index contributed by atoms with van der Waals surface area (Å²) in [6, 6.07) is 4.89. The molecule has 7 heteroatoms. The van der Waals surface area contributed by atoms with E-state index in [1.165, 1.54) is 6.07 Å². The van der Waals surface area contributed by atoms with Crippen LogP contribution in [0.2, 0.25) is 0 Å². The Labute approximate surface area is 114 Å². The van der Waals surface area contributed by atoms with Crippen LogP contribution >= 0.6 is 15.9 Å². The minimum absolute atomic E-state index is 0.0675. The molecular weight excluding hydrogens is 322 g/mol. The lowest BCUT2D eigenvalue weighted by Gasteiger charge is -2.13. The zero-order valence-electron chi connectivity index (χ0n) is 9.47. The average Bonchev–Trinajstić information content (AvgIpc) is 3.08. The van der Waals surface area contributed by atoms with Gasteiger partial charge in [0, 0.05) is 22.4 Å². The molecule has 0 atom stereocenters. The molecular formula is C11H12BrNO4S. The van der Waals surface area contributed by atoms with Gasteiger partial charge < -0.3 is 0 Å². The minimum Gasteiger partial charge on any atom is -0.258 e. The maximum absolute atomic E-state index is 10.9. The van der Waals surface area contributed by atoms with Crippen molar-refractivity contribution in [3.8, 4) is 0 Å². The number of nitrogens with zero attached hydrogens (tertiary/aromatic N) is 1. The van der Waals surface area contributed by atoms with Gasteiger partial charge in [0.25, 0.3) is 5.69 Å². The Hall–Kier alpha value is -0.950. The molecule has 0 amide bonds. The van der Waals surface area contributed by atoms with Crippen LogP contribution in [0.1, 0.15) is 24.0 Å². The minimum atomic E-state index is -2.43. The van der Waals surface area contributed by atoms with Crippen molar-refractivity contribution < 1.29 is 13.3 Å². The number of alkyl halides is 1. The van der Waals surface area contributed by atoms with Gasteiger partial charge in [0.1, 0.15) is 10.7 Å². The fraction of sp³-hybridized carbons (Fsp3) is 0.455. The van der Waals surface area contributed by atoms with Gasteiger partial charge >= 0.3 is 0 Å². The zero-order chi connectivity index (χ0) is 13.3. The fourth-order valence-electron chi connectivity index (χ4n) is 2.14. The molecule has 0 aliphatic heterocycles. The monoisotopic (exact) mass is 333 g/mol. The third-order valence-corrected chi connectivity index (χ3v) is 4.79. The number of nitro benzene ring substituents is 1. The largest absolute Gasteiger partial charge is 0.273 e. The summed E-state index contributed by atoms with van der Waals surface area (Å²) in [5.74, 6) is 0.127. The van der Waals surface area contributed by atoms with E-state index in [-0.39, 0.29) is 16.9 Å². The molecule has 0 aromatic heterocycles. The summed E-state index contributed by atoms with van der Waals surface area (Å²) >= 11 is 3.22. The van der Waals surface area contributed by atoms with Gasteiger partial charge in [-0.3, -0.25) is 10.1 Å². The van der Waals surface area contributed by atoms with Crippen LogP contribution in [0.25, 0.3) is 0 Å². The summed E-state index contributed by atoms with van der Waals surface area (Å²) in [4.78, 5) is 10.4. The predicted molar refractivity (Wildman–Crippen MR) is 71.8 cm³/mol. The lowest BCUT2D eigenvalue weighted by atomic mass is 9.96. The van der Waals surface area contributed by atoms with Crippen LogP contribution in [0.4, 0.5) is 5.69 Å². The van der Waals surface area contributed by atoms with E-state index >= 15 is 0 Å². The lowest BCUT2D eigenvalue weighted by molar-refractivity contribution is -0.385. The van der Waals surface area contributed by atoms with E-state index in [0.717, 1.165) is 18.4 Å². The van der Waals surface area contributed by atoms with Crippen molar-refractivity contribution >= 4 is 32.3 Å². The molecule has 0 N–H and O–H groups in total. The topological polar surface area (TPSA) is 77.3 Å². The average molecular weight is 334 g/mol. The second-order valence-electron chi connectivity index (χ2n) is 4.51. The lowest BCUT2D eigenvalue weighted by Crippen LogP contribution is -2.14. The van der Waals surface area contributed by atoms with Crippen molar-refractivity contribution in [1.29, 1.82) is 0 Å². The highest BCUT2D eigenvalue weighted by Gasteiger charge is 2.45. The maximum atomic E-state index is 10.9. The molecule has 1 aromatic carbocycles. The molecule has 2 rings (SSSR count). The number of benzene rings is 1. The van der Waals surface area contributed by atoms with Crippen molar-refractivity contribution in [3.63, 3.8) is 0 Å². The van der Waals surface area contributed by atoms with Gasteiger partial charge in [-0.25, -0.2) is 8.42 Å². The molecule has 18 heavy (non-hydrogen) atoms. The normalized spacial score (nSPS) is 16.8. The molecule has 0 unspecified atom stereocenters. The van der Waals surface area contributed by atoms with Crippen LogP contribution in [0.15, 0.2) is 18.2 Å². The first-order valence-electron chi connectivity index (χ1n) is 5.44. The van der Waals surface area contributed by atoms with Gasteiger partial charge in [0.05, 0.1) is 10.7 Å². The molecule has 1 saturated carbocycles. The number of thiol groups is 1. The van der Waals surface area contributed by atoms with Gasteiger partial charge in [-0.15, -0.1) is 0 Å². The number of hydrogen-bond donors (Lipinski definition) is 1. The Morgan fingerprint density at radius 1 is 1.39 bits per heavy atom. The van der Waals surface area contributed by atoms with Crippen molar-refractivity contribution in [2.75, 3.05) is 5.75 Å². The summed E-state index contributed by atoms with van der Waals surface area (Å²) in [6.45, 7) is 0. The molecule has 1 fully saturated rings. The summed E-state index contributed by atoms with van der Waals surface area (Å²) in [5, 5.41) is 11.2. The van der Waals surface area contributed by atoms with Gasteiger partial charge in [0.2, 0.25) is 0 Å². The number of nitro groups is 1. The van der Waals surface area contributed by atoms with Crippen LogP contribution < -0.4 is 0 Å². The van der Waals surface area contributed by atoms with Crippen LogP contribution in [0, 0.1) is 10.1 Å². The number of rotatable bonds is 5. The Morgan fingerprint density at radius 2 is 2.06 bits per heavy atom. The van der Waals surface area contributed by atoms with Crippen molar-refractivity contribution in [3.05, 3.63) is 39.4 Å². The molecule has 0 radical (unpaired) electrons. The van der Waals surface area contributed by atoms with Crippen molar-refractivity contribution in [1.82, 2.24) is 0 Å². The molecule has 0 bridgehead atoms. The zero-order valence-corrected chi connectivity index (χ0v) is 11.9. The van der Waals surface area contributed by atoms with E-state index in [9.17, 15) is 18.5 Å². The maximum Gasteiger partial charge on any atom is 0.273 e. The summed E-state index contributed by atoms with van der Waals surface area (Å²) in [5.41, 5.74) is 1.24. The summed E-state index contributed by atoms with van der Waals surface area (Å²) in [6.07, 6.45) is 1.66. The Balaban J connectivity index is 2.39. The van der Waals surface area contributed by atoms with Crippen LogP contribution in [0.3, 0.4) is 0 Å². The second-order valence-corrected chi connectivity index (χ2v) is 6.05. The molecule has 1 aliphatic rings. The third-order valence-electron chi connectivity index (χ3n) is 3.32. The van der Waals surface area contributed by atoms with Gasteiger partial charge in [-0.1, -0.05) is 22.0 Å². The molecule has 98 valence electrons. The van der Waals surface area contributed by atoms with E-state index in [2.05, 4.69) is 15.9 Å². The smallest absolute Gasteiger partial charge is 0.258 e. The fourth-order valence-corrected chi connectivity index (χ4v) is 3.58. The molecule has 1 aliphatic carbocycles. The SMILES string of the molecule is O=[N+]([O-])c1ccc(C2(C[SH](=O)=O)CC2)cc1CBr. The Bertz CT molecular complexity index is 558. The highest BCUT2D eigenvalue weighted by Crippen LogP contribution is 2.49. The standard InChI is InChI=1S/C11H12BrNO4S/c12-6-8-5-9(1-2-10(8)13(14)15)11(3-4-11)7-18(16)17/h1-2,5,18H,3-4,6-7H2. The summed E-state index contributed by atoms with van der Waals surface area (Å²) in [7, 11) is -2.43. The molecule has 0 heterocycles. The van der Waals surface area contributed by atoms with E-state index < -0.39 is 15.6 Å². The van der Waals surface area contributed by atoms with Crippen molar-refractivity contribution in [2.45, 2.75) is 23.6 Å². The molecule has 0 saturated heterocycles. The number of halogens is 1. The van der Waals surface area contributed by atoms with Crippen LogP contribution in [0.5, 0.6) is 0 Å². The van der Waals surface area contributed by atoms with Gasteiger partial charge in [-0.2, -0.15) is 0 Å². The van der Waals surface area contributed by atoms with Crippen LogP contribution in [-0.2, 0) is 21.4 Å². The Kier molecular flexibility index (Phi) is 3.72. The van der Waals surface area contributed by atoms with E-state index in [1.807, 2.05) is 0 Å². The second kappa shape index (κ2) is 4.97. The van der Waals surface area contributed by atoms with Crippen LogP contribution in [-0.4, -0.2) is 19.1 Å². The quantitative estimate of drug-likeness (QED) is 0.387. The van der Waals surface area contributed by atoms with Gasteiger partial charge in [0.15, 0.2) is 0 Å². The first-order valence-corrected chi connectivity index (χ1v) is 7.92. The highest BCUT2D eigenvalue weighted by molar-refractivity contribution is 9.08. The van der Waals surface area contributed by atoms with E-state index in [1.54, 1.807) is 12.1 Å². The van der Waals surface area contributed by atoms with E-state index in [0.29, 0.717) is 10.9 Å².